The second-order valence-corrected chi connectivity index (χ2v) is 8.09. The number of amides is 1. The van der Waals surface area contributed by atoms with Gasteiger partial charge in [-0.05, 0) is 32.4 Å². The minimum absolute atomic E-state index is 0.0527. The predicted molar refractivity (Wildman–Crippen MR) is 124 cm³/mol. The molecular formula is C25H32N4O. The van der Waals surface area contributed by atoms with Gasteiger partial charge in [-0.3, -0.25) is 9.48 Å². The SMILES string of the molecule is CCC(C)N(Cc1c(-c2ccccc2)nn(C)c1N(C)C)C(=O)c1ccc(C)cc1. The molecule has 3 aromatic rings. The van der Waals surface area contributed by atoms with Crippen LogP contribution in [-0.4, -0.2) is 40.7 Å². The van der Waals surface area contributed by atoms with E-state index in [0.717, 1.165) is 40.2 Å². The summed E-state index contributed by atoms with van der Waals surface area (Å²) in [5.41, 5.74) is 4.91. The minimum atomic E-state index is 0.0527. The quantitative estimate of drug-likeness (QED) is 0.562. The number of nitrogens with zero attached hydrogens (tertiary/aromatic N) is 4. The van der Waals surface area contributed by atoms with Gasteiger partial charge in [-0.25, -0.2) is 0 Å². The van der Waals surface area contributed by atoms with Gasteiger partial charge in [-0.15, -0.1) is 0 Å². The van der Waals surface area contributed by atoms with Crippen LogP contribution in [0.2, 0.25) is 0 Å². The van der Waals surface area contributed by atoms with Crippen molar-refractivity contribution in [1.82, 2.24) is 14.7 Å². The third-order valence-corrected chi connectivity index (χ3v) is 5.59. The van der Waals surface area contributed by atoms with Gasteiger partial charge >= 0.3 is 0 Å². The van der Waals surface area contributed by atoms with Gasteiger partial charge in [0.05, 0.1) is 12.2 Å². The molecule has 1 atom stereocenters. The van der Waals surface area contributed by atoms with E-state index in [2.05, 4.69) is 30.9 Å². The normalized spacial score (nSPS) is 11.9. The van der Waals surface area contributed by atoms with E-state index in [9.17, 15) is 4.79 Å². The van der Waals surface area contributed by atoms with Gasteiger partial charge in [0.2, 0.25) is 0 Å². The Hall–Kier alpha value is -3.08. The Kier molecular flexibility index (Phi) is 6.60. The first-order valence-electron chi connectivity index (χ1n) is 10.5. The minimum Gasteiger partial charge on any atom is -0.363 e. The Morgan fingerprint density at radius 2 is 1.70 bits per heavy atom. The molecule has 1 aromatic heterocycles. The average molecular weight is 405 g/mol. The van der Waals surface area contributed by atoms with Gasteiger partial charge in [0, 0.05) is 43.9 Å². The fourth-order valence-corrected chi connectivity index (χ4v) is 3.77. The fourth-order valence-electron chi connectivity index (χ4n) is 3.77. The third-order valence-electron chi connectivity index (χ3n) is 5.59. The van der Waals surface area contributed by atoms with E-state index in [1.165, 1.54) is 0 Å². The molecule has 158 valence electrons. The summed E-state index contributed by atoms with van der Waals surface area (Å²) in [4.78, 5) is 17.5. The molecule has 0 radical (unpaired) electrons. The smallest absolute Gasteiger partial charge is 0.254 e. The second kappa shape index (κ2) is 9.16. The van der Waals surface area contributed by atoms with Gasteiger partial charge in [-0.1, -0.05) is 55.0 Å². The van der Waals surface area contributed by atoms with E-state index in [0.29, 0.717) is 6.54 Å². The van der Waals surface area contributed by atoms with Crippen LogP contribution in [0.4, 0.5) is 5.82 Å². The molecular weight excluding hydrogens is 372 g/mol. The van der Waals surface area contributed by atoms with Gasteiger partial charge in [0.25, 0.3) is 5.91 Å². The van der Waals surface area contributed by atoms with E-state index >= 15 is 0 Å². The number of aryl methyl sites for hydroxylation is 2. The number of hydrogen-bond donors (Lipinski definition) is 0. The largest absolute Gasteiger partial charge is 0.363 e. The van der Waals surface area contributed by atoms with E-state index in [-0.39, 0.29) is 11.9 Å². The average Bonchev–Trinajstić information content (AvgIpc) is 3.08. The Morgan fingerprint density at radius 3 is 2.27 bits per heavy atom. The summed E-state index contributed by atoms with van der Waals surface area (Å²) in [6, 6.07) is 18.1. The van der Waals surface area contributed by atoms with E-state index in [1.807, 2.05) is 80.1 Å². The summed E-state index contributed by atoms with van der Waals surface area (Å²) in [7, 11) is 6.00. The maximum Gasteiger partial charge on any atom is 0.254 e. The van der Waals surface area contributed by atoms with Crippen molar-refractivity contribution in [3.05, 3.63) is 71.3 Å². The van der Waals surface area contributed by atoms with Crippen LogP contribution in [0.3, 0.4) is 0 Å². The van der Waals surface area contributed by atoms with Crippen LogP contribution < -0.4 is 4.90 Å². The van der Waals surface area contributed by atoms with E-state index in [1.54, 1.807) is 0 Å². The van der Waals surface area contributed by atoms with Crippen molar-refractivity contribution in [3.63, 3.8) is 0 Å². The van der Waals surface area contributed by atoms with Gasteiger partial charge < -0.3 is 9.80 Å². The third kappa shape index (κ3) is 4.40. The molecule has 0 aliphatic heterocycles. The molecule has 2 aromatic carbocycles. The molecule has 0 aliphatic rings. The lowest BCUT2D eigenvalue weighted by Crippen LogP contribution is -2.38. The first kappa shape index (κ1) is 21.6. The summed E-state index contributed by atoms with van der Waals surface area (Å²) >= 11 is 0. The topological polar surface area (TPSA) is 41.4 Å². The molecule has 1 heterocycles. The summed E-state index contributed by atoms with van der Waals surface area (Å²) in [5.74, 6) is 1.07. The predicted octanol–water partition coefficient (Wildman–Crippen LogP) is 4.90. The molecule has 1 unspecified atom stereocenters. The van der Waals surface area contributed by atoms with E-state index in [4.69, 9.17) is 5.10 Å². The van der Waals surface area contributed by atoms with Crippen molar-refractivity contribution >= 4 is 11.7 Å². The van der Waals surface area contributed by atoms with Crippen LogP contribution >= 0.6 is 0 Å². The molecule has 0 N–H and O–H groups in total. The lowest BCUT2D eigenvalue weighted by molar-refractivity contribution is 0.0672. The maximum absolute atomic E-state index is 13.5. The van der Waals surface area contributed by atoms with Crippen molar-refractivity contribution < 1.29 is 4.79 Å². The fraction of sp³-hybridized carbons (Fsp3) is 0.360. The Labute approximate surface area is 179 Å². The monoisotopic (exact) mass is 404 g/mol. The number of carbonyl (C=O) groups excluding carboxylic acids is 1. The number of aromatic nitrogens is 2. The summed E-state index contributed by atoms with van der Waals surface area (Å²) in [6.07, 6.45) is 0.885. The van der Waals surface area contributed by atoms with Crippen molar-refractivity contribution in [2.45, 2.75) is 39.8 Å². The summed E-state index contributed by atoms with van der Waals surface area (Å²) < 4.78 is 1.91. The lowest BCUT2D eigenvalue weighted by Gasteiger charge is -2.30. The summed E-state index contributed by atoms with van der Waals surface area (Å²) in [5, 5.41) is 4.82. The molecule has 5 heteroatoms. The highest BCUT2D eigenvalue weighted by Gasteiger charge is 2.26. The molecule has 0 fully saturated rings. The summed E-state index contributed by atoms with van der Waals surface area (Å²) in [6.45, 7) is 6.77. The van der Waals surface area contributed by atoms with Crippen molar-refractivity contribution in [2.24, 2.45) is 7.05 Å². The van der Waals surface area contributed by atoms with Crippen molar-refractivity contribution in [2.75, 3.05) is 19.0 Å². The zero-order chi connectivity index (χ0) is 21.8. The Bertz CT molecular complexity index is 990. The highest BCUT2D eigenvalue weighted by Crippen LogP contribution is 2.32. The molecule has 5 nitrogen and oxygen atoms in total. The van der Waals surface area contributed by atoms with Crippen LogP contribution in [0, 0.1) is 6.92 Å². The van der Waals surface area contributed by atoms with Crippen LogP contribution in [-0.2, 0) is 13.6 Å². The van der Waals surface area contributed by atoms with Gasteiger partial charge in [0.15, 0.2) is 0 Å². The van der Waals surface area contributed by atoms with Crippen LogP contribution in [0.1, 0.15) is 41.8 Å². The first-order valence-corrected chi connectivity index (χ1v) is 10.5. The maximum atomic E-state index is 13.5. The first-order chi connectivity index (χ1) is 14.3. The molecule has 0 saturated carbocycles. The number of benzene rings is 2. The molecule has 0 bridgehead atoms. The number of rotatable bonds is 7. The van der Waals surface area contributed by atoms with Gasteiger partial charge in [0.1, 0.15) is 5.82 Å². The Balaban J connectivity index is 2.08. The van der Waals surface area contributed by atoms with Crippen molar-refractivity contribution in [3.8, 4) is 11.3 Å². The number of carbonyl (C=O) groups is 1. The molecule has 3 rings (SSSR count). The van der Waals surface area contributed by atoms with Crippen LogP contribution in [0.25, 0.3) is 11.3 Å². The van der Waals surface area contributed by atoms with E-state index < -0.39 is 0 Å². The highest BCUT2D eigenvalue weighted by atomic mass is 16.2. The molecule has 0 spiro atoms. The standard InChI is InChI=1S/C25H32N4O/c1-7-19(3)29(25(30)21-15-13-18(2)14-16-21)17-22-23(20-11-9-8-10-12-20)26-28(6)24(22)27(4)5/h8-16,19H,7,17H2,1-6H3. The second-order valence-electron chi connectivity index (χ2n) is 8.09. The van der Waals surface area contributed by atoms with Gasteiger partial charge in [-0.2, -0.15) is 5.10 Å². The zero-order valence-electron chi connectivity index (χ0n) is 18.9. The number of hydrogen-bond acceptors (Lipinski definition) is 3. The molecule has 0 aliphatic carbocycles. The molecule has 30 heavy (non-hydrogen) atoms. The lowest BCUT2D eigenvalue weighted by atomic mass is 10.0. The molecule has 0 saturated heterocycles. The van der Waals surface area contributed by atoms with Crippen LogP contribution in [0.15, 0.2) is 54.6 Å². The zero-order valence-corrected chi connectivity index (χ0v) is 18.9. The Morgan fingerprint density at radius 1 is 1.07 bits per heavy atom. The van der Waals surface area contributed by atoms with Crippen LogP contribution in [0.5, 0.6) is 0 Å². The number of anilines is 1. The highest BCUT2D eigenvalue weighted by molar-refractivity contribution is 5.94. The molecule has 1 amide bonds. The van der Waals surface area contributed by atoms with Crippen molar-refractivity contribution in [1.29, 1.82) is 0 Å².